The van der Waals surface area contributed by atoms with Gasteiger partial charge >= 0.3 is 0 Å². The van der Waals surface area contributed by atoms with Crippen molar-refractivity contribution in [2.45, 2.75) is 31.4 Å². The smallest absolute Gasteiger partial charge is 0.249 e. The second-order valence-electron chi connectivity index (χ2n) is 5.79. The summed E-state index contributed by atoms with van der Waals surface area (Å²) in [6, 6.07) is 9.14. The lowest BCUT2D eigenvalue weighted by atomic mass is 10.0. The third-order valence-corrected chi connectivity index (χ3v) is 4.34. The van der Waals surface area contributed by atoms with Gasteiger partial charge in [0.2, 0.25) is 11.8 Å². The molecular formula is C17H25N3O3. The highest BCUT2D eigenvalue weighted by Crippen LogP contribution is 2.23. The Labute approximate surface area is 137 Å². The molecule has 1 heterocycles. The number of carbonyl (C=O) groups excluding carboxylic acids is 2. The van der Waals surface area contributed by atoms with Crippen LogP contribution in [0.3, 0.4) is 0 Å². The van der Waals surface area contributed by atoms with Crippen LogP contribution in [0.4, 0.5) is 5.69 Å². The molecule has 0 radical (unpaired) electrons. The number of anilines is 1. The van der Waals surface area contributed by atoms with Gasteiger partial charge in [0.1, 0.15) is 6.04 Å². The maximum absolute atomic E-state index is 12.8. The molecule has 1 aromatic carbocycles. The number of rotatable bonds is 6. The molecule has 2 N–H and O–H groups in total. The van der Waals surface area contributed by atoms with E-state index in [4.69, 9.17) is 10.5 Å². The quantitative estimate of drug-likeness (QED) is 0.849. The summed E-state index contributed by atoms with van der Waals surface area (Å²) >= 11 is 0. The van der Waals surface area contributed by atoms with E-state index in [1.165, 1.54) is 7.11 Å². The van der Waals surface area contributed by atoms with E-state index in [9.17, 15) is 9.59 Å². The predicted octanol–water partition coefficient (Wildman–Crippen LogP) is 1.00. The summed E-state index contributed by atoms with van der Waals surface area (Å²) in [7, 11) is 3.22. The van der Waals surface area contributed by atoms with Crippen LogP contribution in [0, 0.1) is 0 Å². The van der Waals surface area contributed by atoms with Gasteiger partial charge in [-0.2, -0.15) is 0 Å². The molecule has 0 spiro atoms. The first-order chi connectivity index (χ1) is 11.1. The van der Waals surface area contributed by atoms with Crippen LogP contribution in [0.25, 0.3) is 0 Å². The first-order valence-electron chi connectivity index (χ1n) is 7.93. The maximum Gasteiger partial charge on any atom is 0.249 e. The molecule has 6 nitrogen and oxygen atoms in total. The number of nitrogens with two attached hydrogens (primary N) is 1. The van der Waals surface area contributed by atoms with Crippen molar-refractivity contribution in [2.75, 3.05) is 32.1 Å². The van der Waals surface area contributed by atoms with Crippen molar-refractivity contribution in [1.29, 1.82) is 0 Å². The Balaban J connectivity index is 2.07. The standard InChI is InChI=1S/C17H25N3O3/c1-19(16(21)11-14(12-18)23-2)15-9-6-10-20(17(15)22)13-7-4-3-5-8-13/h3-5,7-8,14-15H,6,9-12,18H2,1-2H3. The fourth-order valence-corrected chi connectivity index (χ4v) is 2.86. The third kappa shape index (κ3) is 4.09. The molecule has 1 fully saturated rings. The normalized spacial score (nSPS) is 19.5. The molecule has 0 aliphatic carbocycles. The Morgan fingerprint density at radius 3 is 2.74 bits per heavy atom. The molecule has 1 saturated heterocycles. The minimum Gasteiger partial charge on any atom is -0.380 e. The molecule has 126 valence electrons. The zero-order chi connectivity index (χ0) is 16.8. The highest BCUT2D eigenvalue weighted by molar-refractivity contribution is 5.99. The summed E-state index contributed by atoms with van der Waals surface area (Å²) < 4.78 is 5.16. The van der Waals surface area contributed by atoms with Crippen LogP contribution in [-0.4, -0.2) is 56.1 Å². The monoisotopic (exact) mass is 319 g/mol. The summed E-state index contributed by atoms with van der Waals surface area (Å²) in [5.74, 6) is -0.143. The molecule has 1 aromatic rings. The second kappa shape index (κ2) is 8.08. The average molecular weight is 319 g/mol. The minimum absolute atomic E-state index is 0.0278. The summed E-state index contributed by atoms with van der Waals surface area (Å²) in [6.45, 7) is 0.968. The summed E-state index contributed by atoms with van der Waals surface area (Å²) in [5.41, 5.74) is 6.44. The lowest BCUT2D eigenvalue weighted by Gasteiger charge is -2.37. The Morgan fingerprint density at radius 1 is 1.43 bits per heavy atom. The number of piperidine rings is 1. The van der Waals surface area contributed by atoms with Crippen molar-refractivity contribution in [2.24, 2.45) is 5.73 Å². The molecule has 1 aliphatic heterocycles. The molecule has 0 bridgehead atoms. The van der Waals surface area contributed by atoms with Gasteiger partial charge in [0.25, 0.3) is 0 Å². The van der Waals surface area contributed by atoms with E-state index in [0.717, 1.165) is 12.1 Å². The number of carbonyl (C=O) groups is 2. The highest BCUT2D eigenvalue weighted by Gasteiger charge is 2.34. The van der Waals surface area contributed by atoms with Crippen molar-refractivity contribution < 1.29 is 14.3 Å². The van der Waals surface area contributed by atoms with Crippen molar-refractivity contribution in [3.05, 3.63) is 30.3 Å². The van der Waals surface area contributed by atoms with Gasteiger partial charge < -0.3 is 20.3 Å². The number of ether oxygens (including phenoxy) is 1. The lowest BCUT2D eigenvalue weighted by molar-refractivity contribution is -0.140. The van der Waals surface area contributed by atoms with E-state index in [1.54, 1.807) is 16.8 Å². The summed E-state index contributed by atoms with van der Waals surface area (Å²) in [6.07, 6.45) is 1.44. The number of hydrogen-bond acceptors (Lipinski definition) is 4. The number of para-hydroxylation sites is 1. The third-order valence-electron chi connectivity index (χ3n) is 4.34. The van der Waals surface area contributed by atoms with E-state index in [1.807, 2.05) is 30.3 Å². The van der Waals surface area contributed by atoms with Crippen LogP contribution < -0.4 is 10.6 Å². The zero-order valence-electron chi connectivity index (χ0n) is 13.8. The molecule has 0 saturated carbocycles. The van der Waals surface area contributed by atoms with Crippen molar-refractivity contribution in [3.63, 3.8) is 0 Å². The van der Waals surface area contributed by atoms with Gasteiger partial charge in [-0.1, -0.05) is 18.2 Å². The van der Waals surface area contributed by atoms with E-state index < -0.39 is 6.04 Å². The van der Waals surface area contributed by atoms with Crippen LogP contribution in [-0.2, 0) is 14.3 Å². The number of amides is 2. The SMILES string of the molecule is COC(CN)CC(=O)N(C)C1CCCN(c2ccccc2)C1=O. The Bertz CT molecular complexity index is 531. The minimum atomic E-state index is -0.424. The van der Waals surface area contributed by atoms with E-state index >= 15 is 0 Å². The van der Waals surface area contributed by atoms with Crippen LogP contribution in [0.2, 0.25) is 0 Å². The molecule has 23 heavy (non-hydrogen) atoms. The Kier molecular flexibility index (Phi) is 6.12. The average Bonchev–Trinajstić information content (AvgIpc) is 2.59. The molecule has 1 aliphatic rings. The van der Waals surface area contributed by atoms with Crippen molar-refractivity contribution in [3.8, 4) is 0 Å². The molecule has 2 unspecified atom stereocenters. The van der Waals surface area contributed by atoms with Crippen LogP contribution in [0.1, 0.15) is 19.3 Å². The number of likely N-dealkylation sites (N-methyl/N-ethyl adjacent to an activating group) is 1. The molecular weight excluding hydrogens is 294 g/mol. The van der Waals surface area contributed by atoms with Gasteiger partial charge in [-0.3, -0.25) is 9.59 Å². The van der Waals surface area contributed by atoms with Crippen molar-refractivity contribution in [1.82, 2.24) is 4.90 Å². The largest absolute Gasteiger partial charge is 0.380 e. The number of nitrogens with zero attached hydrogens (tertiary/aromatic N) is 2. The fourth-order valence-electron chi connectivity index (χ4n) is 2.86. The number of methoxy groups -OCH3 is 1. The zero-order valence-corrected chi connectivity index (χ0v) is 13.8. The molecule has 2 atom stereocenters. The van der Waals surface area contributed by atoms with Gasteiger partial charge in [-0.05, 0) is 25.0 Å². The Hall–Kier alpha value is -1.92. The Morgan fingerprint density at radius 2 is 2.13 bits per heavy atom. The number of benzene rings is 1. The van der Waals surface area contributed by atoms with E-state index in [2.05, 4.69) is 0 Å². The highest BCUT2D eigenvalue weighted by atomic mass is 16.5. The number of hydrogen-bond donors (Lipinski definition) is 1. The van der Waals surface area contributed by atoms with Gasteiger partial charge in [0.05, 0.1) is 12.5 Å². The molecule has 2 rings (SSSR count). The van der Waals surface area contributed by atoms with Gasteiger partial charge in [0, 0.05) is 32.9 Å². The molecule has 0 aromatic heterocycles. The summed E-state index contributed by atoms with van der Waals surface area (Å²) in [5, 5.41) is 0. The van der Waals surface area contributed by atoms with Crippen LogP contribution in [0.5, 0.6) is 0 Å². The first-order valence-corrected chi connectivity index (χ1v) is 7.93. The maximum atomic E-state index is 12.8. The van der Waals surface area contributed by atoms with Crippen molar-refractivity contribution >= 4 is 17.5 Å². The molecule has 2 amide bonds. The second-order valence-corrected chi connectivity index (χ2v) is 5.79. The lowest BCUT2D eigenvalue weighted by Crippen LogP contribution is -2.53. The fraction of sp³-hybridized carbons (Fsp3) is 0.529. The van der Waals surface area contributed by atoms with Crippen LogP contribution in [0.15, 0.2) is 30.3 Å². The molecule has 6 heteroatoms. The topological polar surface area (TPSA) is 75.9 Å². The van der Waals surface area contributed by atoms with Gasteiger partial charge in [-0.15, -0.1) is 0 Å². The van der Waals surface area contributed by atoms with Crippen LogP contribution >= 0.6 is 0 Å². The first kappa shape index (κ1) is 17.4. The van der Waals surface area contributed by atoms with E-state index in [-0.39, 0.29) is 30.9 Å². The summed E-state index contributed by atoms with van der Waals surface area (Å²) in [4.78, 5) is 28.5. The predicted molar refractivity (Wildman–Crippen MR) is 89.1 cm³/mol. The van der Waals surface area contributed by atoms with Gasteiger partial charge in [-0.25, -0.2) is 0 Å². The van der Waals surface area contributed by atoms with Gasteiger partial charge in [0.15, 0.2) is 0 Å². The van der Waals surface area contributed by atoms with E-state index in [0.29, 0.717) is 13.0 Å².